The topological polar surface area (TPSA) is 80.7 Å². The zero-order valence-electron chi connectivity index (χ0n) is 17.0. The van der Waals surface area contributed by atoms with Crippen LogP contribution in [-0.2, 0) is 5.54 Å². The predicted molar refractivity (Wildman–Crippen MR) is 121 cm³/mol. The molecule has 3 aromatic carbocycles. The number of phenols is 1. The Morgan fingerprint density at radius 1 is 0.839 bits per heavy atom. The van der Waals surface area contributed by atoms with Crippen molar-refractivity contribution in [3.05, 3.63) is 114 Å². The Morgan fingerprint density at radius 2 is 1.65 bits per heavy atom. The molecule has 1 aliphatic rings. The van der Waals surface area contributed by atoms with Gasteiger partial charge in [0.1, 0.15) is 22.9 Å². The summed E-state index contributed by atoms with van der Waals surface area (Å²) < 4.78 is 5.34. The highest BCUT2D eigenvalue weighted by atomic mass is 16.5. The molecule has 152 valence electrons. The van der Waals surface area contributed by atoms with Gasteiger partial charge in [0, 0.05) is 17.3 Å². The van der Waals surface area contributed by atoms with Gasteiger partial charge in [-0.1, -0.05) is 54.6 Å². The number of nitrogens with two attached hydrogens (primary N) is 1. The van der Waals surface area contributed by atoms with Crippen molar-refractivity contribution in [1.29, 1.82) is 0 Å². The minimum atomic E-state index is -0.809. The molecule has 0 radical (unpaired) electrons. The summed E-state index contributed by atoms with van der Waals surface area (Å²) in [5.41, 5.74) is 11.4. The van der Waals surface area contributed by atoms with Crippen molar-refractivity contribution >= 4 is 5.84 Å². The summed E-state index contributed by atoms with van der Waals surface area (Å²) >= 11 is 0. The third-order valence-electron chi connectivity index (χ3n) is 5.73. The van der Waals surface area contributed by atoms with Crippen molar-refractivity contribution in [3.8, 4) is 22.6 Å². The normalized spacial score (nSPS) is 17.1. The number of benzene rings is 3. The molecule has 0 bridgehead atoms. The Labute approximate surface area is 180 Å². The SMILES string of the molecule is COc1cncc(-c2cccc(C3(c4ccc(O)cc4)N=C(N)c4ccccc43)c2)c1. The van der Waals surface area contributed by atoms with Crippen molar-refractivity contribution in [3.63, 3.8) is 0 Å². The number of rotatable bonds is 4. The molecule has 1 aromatic heterocycles. The lowest BCUT2D eigenvalue weighted by molar-refractivity contribution is 0.413. The number of aromatic nitrogens is 1. The quantitative estimate of drug-likeness (QED) is 0.523. The summed E-state index contributed by atoms with van der Waals surface area (Å²) in [5, 5.41) is 9.86. The van der Waals surface area contributed by atoms with Crippen molar-refractivity contribution in [2.24, 2.45) is 10.7 Å². The lowest BCUT2D eigenvalue weighted by atomic mass is 9.77. The van der Waals surface area contributed by atoms with Crippen LogP contribution in [0.15, 0.2) is 96.2 Å². The van der Waals surface area contributed by atoms with Gasteiger partial charge in [-0.15, -0.1) is 0 Å². The van der Waals surface area contributed by atoms with Crippen molar-refractivity contribution in [2.75, 3.05) is 7.11 Å². The van der Waals surface area contributed by atoms with E-state index in [1.165, 1.54) is 0 Å². The van der Waals surface area contributed by atoms with E-state index in [0.29, 0.717) is 11.6 Å². The summed E-state index contributed by atoms with van der Waals surface area (Å²) in [4.78, 5) is 9.29. The lowest BCUT2D eigenvalue weighted by Gasteiger charge is -2.29. The molecule has 5 rings (SSSR count). The molecule has 0 saturated carbocycles. The Bertz CT molecular complexity index is 1300. The molecule has 0 saturated heterocycles. The third-order valence-corrected chi connectivity index (χ3v) is 5.73. The molecule has 5 nitrogen and oxygen atoms in total. The zero-order chi connectivity index (χ0) is 21.4. The molecule has 1 unspecified atom stereocenters. The number of nitrogens with zero attached hydrogens (tertiary/aromatic N) is 2. The van der Waals surface area contributed by atoms with Gasteiger partial charge in [-0.2, -0.15) is 0 Å². The van der Waals surface area contributed by atoms with Gasteiger partial charge in [0.25, 0.3) is 0 Å². The number of pyridine rings is 1. The Morgan fingerprint density at radius 3 is 2.45 bits per heavy atom. The van der Waals surface area contributed by atoms with Gasteiger partial charge in [-0.05, 0) is 46.5 Å². The van der Waals surface area contributed by atoms with E-state index < -0.39 is 5.54 Å². The molecule has 0 amide bonds. The first-order valence-electron chi connectivity index (χ1n) is 9.96. The summed E-state index contributed by atoms with van der Waals surface area (Å²) in [6.45, 7) is 0. The fraction of sp³-hybridized carbons (Fsp3) is 0.0769. The molecular weight excluding hydrogens is 386 g/mol. The number of phenolic OH excluding ortho intramolecular Hbond substituents is 1. The van der Waals surface area contributed by atoms with Gasteiger partial charge in [-0.3, -0.25) is 4.98 Å². The van der Waals surface area contributed by atoms with Crippen LogP contribution in [0, 0.1) is 0 Å². The molecule has 1 aliphatic heterocycles. The summed E-state index contributed by atoms with van der Waals surface area (Å²) in [6, 6.07) is 25.4. The second-order valence-electron chi connectivity index (χ2n) is 7.49. The van der Waals surface area contributed by atoms with Gasteiger partial charge in [0.05, 0.1) is 13.3 Å². The average Bonchev–Trinajstić information content (AvgIpc) is 3.13. The maximum absolute atomic E-state index is 9.86. The maximum atomic E-state index is 9.86. The van der Waals surface area contributed by atoms with Crippen LogP contribution in [0.25, 0.3) is 11.1 Å². The zero-order valence-corrected chi connectivity index (χ0v) is 17.0. The molecule has 1 atom stereocenters. The van der Waals surface area contributed by atoms with Gasteiger partial charge in [-0.25, -0.2) is 4.99 Å². The minimum absolute atomic E-state index is 0.207. The minimum Gasteiger partial charge on any atom is -0.508 e. The average molecular weight is 407 g/mol. The van der Waals surface area contributed by atoms with Crippen molar-refractivity contribution < 1.29 is 9.84 Å². The largest absolute Gasteiger partial charge is 0.508 e. The van der Waals surface area contributed by atoms with Gasteiger partial charge < -0.3 is 15.6 Å². The predicted octanol–water partition coefficient (Wildman–Crippen LogP) is 4.47. The number of hydrogen-bond acceptors (Lipinski definition) is 5. The standard InChI is InChI=1S/C26H21N3O2/c1-31-22-14-18(15-28-16-22)17-5-4-6-20(13-17)26(19-9-11-21(30)12-10-19)24-8-3-2-7-23(24)25(27)29-26/h2-16,30H,1H3,(H2,27,29). The number of aliphatic imine (C=N–C) groups is 1. The lowest BCUT2D eigenvalue weighted by Crippen LogP contribution is -2.25. The molecule has 0 aliphatic carbocycles. The molecule has 5 heteroatoms. The molecule has 0 fully saturated rings. The molecule has 3 N–H and O–H groups in total. The van der Waals surface area contributed by atoms with Crippen LogP contribution in [0.1, 0.15) is 22.3 Å². The fourth-order valence-corrected chi connectivity index (χ4v) is 4.24. The number of ether oxygens (including phenoxy) is 1. The van der Waals surface area contributed by atoms with Crippen molar-refractivity contribution in [2.45, 2.75) is 5.54 Å². The number of methoxy groups -OCH3 is 1. The second-order valence-corrected chi connectivity index (χ2v) is 7.49. The van der Waals surface area contributed by atoms with E-state index in [2.05, 4.69) is 23.2 Å². The maximum Gasteiger partial charge on any atom is 0.139 e. The third kappa shape index (κ3) is 3.02. The van der Waals surface area contributed by atoms with Crippen LogP contribution in [0.3, 0.4) is 0 Å². The highest BCUT2D eigenvalue weighted by molar-refractivity contribution is 6.03. The molecule has 31 heavy (non-hydrogen) atoms. The number of aromatic hydroxyl groups is 1. The van der Waals surface area contributed by atoms with Crippen LogP contribution in [0.4, 0.5) is 0 Å². The van der Waals surface area contributed by atoms with Crippen LogP contribution in [-0.4, -0.2) is 23.0 Å². The smallest absolute Gasteiger partial charge is 0.139 e. The first-order chi connectivity index (χ1) is 15.1. The van der Waals surface area contributed by atoms with Gasteiger partial charge in [0.2, 0.25) is 0 Å². The van der Waals surface area contributed by atoms with Gasteiger partial charge in [0.15, 0.2) is 0 Å². The molecular formula is C26H21N3O2. The monoisotopic (exact) mass is 407 g/mol. The van der Waals surface area contributed by atoms with Crippen LogP contribution in [0.2, 0.25) is 0 Å². The highest BCUT2D eigenvalue weighted by Crippen LogP contribution is 2.46. The highest BCUT2D eigenvalue weighted by Gasteiger charge is 2.42. The van der Waals surface area contributed by atoms with E-state index >= 15 is 0 Å². The van der Waals surface area contributed by atoms with E-state index in [9.17, 15) is 5.11 Å². The number of amidine groups is 1. The van der Waals surface area contributed by atoms with E-state index in [-0.39, 0.29) is 5.75 Å². The molecule has 0 spiro atoms. The summed E-state index contributed by atoms with van der Waals surface area (Å²) in [5.74, 6) is 1.40. The summed E-state index contributed by atoms with van der Waals surface area (Å²) in [6.07, 6.45) is 3.50. The fourth-order valence-electron chi connectivity index (χ4n) is 4.24. The molecule has 4 aromatic rings. The first-order valence-corrected chi connectivity index (χ1v) is 9.96. The Balaban J connectivity index is 1.76. The summed E-state index contributed by atoms with van der Waals surface area (Å²) in [7, 11) is 1.63. The van der Waals surface area contributed by atoms with E-state index in [0.717, 1.165) is 33.4 Å². The number of fused-ring (bicyclic) bond motifs is 1. The molecule has 2 heterocycles. The Hall–Kier alpha value is -4.12. The van der Waals surface area contributed by atoms with E-state index in [1.807, 2.05) is 54.7 Å². The van der Waals surface area contributed by atoms with Crippen LogP contribution < -0.4 is 10.5 Å². The second kappa shape index (κ2) is 7.29. The Kier molecular flexibility index (Phi) is 4.44. The van der Waals surface area contributed by atoms with Gasteiger partial charge >= 0.3 is 0 Å². The van der Waals surface area contributed by atoms with E-state index in [4.69, 9.17) is 15.5 Å². The van der Waals surface area contributed by atoms with Crippen LogP contribution in [0.5, 0.6) is 11.5 Å². The first kappa shape index (κ1) is 18.9. The van der Waals surface area contributed by atoms with E-state index in [1.54, 1.807) is 25.4 Å². The van der Waals surface area contributed by atoms with Crippen molar-refractivity contribution in [1.82, 2.24) is 4.98 Å². The number of hydrogen-bond donors (Lipinski definition) is 2. The van der Waals surface area contributed by atoms with Crippen LogP contribution >= 0.6 is 0 Å².